The van der Waals surface area contributed by atoms with Crippen molar-refractivity contribution in [3.8, 4) is 0 Å². The summed E-state index contributed by atoms with van der Waals surface area (Å²) in [6.07, 6.45) is 0.0468. The zero-order valence-electron chi connectivity index (χ0n) is 6.78. The van der Waals surface area contributed by atoms with Gasteiger partial charge in [-0.05, 0) is 6.42 Å². The quantitative estimate of drug-likeness (QED) is 0.372. The fourth-order valence-corrected chi connectivity index (χ4v) is 1.29. The molecule has 0 fully saturated rings. The Labute approximate surface area is 89.0 Å². The van der Waals surface area contributed by atoms with Crippen molar-refractivity contribution in [2.45, 2.75) is 25.9 Å². The first-order valence-electron chi connectivity index (χ1n) is 3.07. The molecule has 0 radical (unpaired) electrons. The SMILES string of the molecule is CCCC(O)CS(=O)(=O)[O-].[Na+]. The maximum absolute atomic E-state index is 10.0. The summed E-state index contributed by atoms with van der Waals surface area (Å²) in [6.45, 7) is 1.81. The molecular formula is C5H11NaO4S. The van der Waals surface area contributed by atoms with Crippen molar-refractivity contribution in [3.63, 3.8) is 0 Å². The van der Waals surface area contributed by atoms with Gasteiger partial charge in [-0.25, -0.2) is 8.42 Å². The Bertz CT molecular complexity index is 177. The molecule has 0 aliphatic rings. The summed E-state index contributed by atoms with van der Waals surface area (Å²) < 4.78 is 30.0. The van der Waals surface area contributed by atoms with Crippen LogP contribution in [0.1, 0.15) is 19.8 Å². The van der Waals surface area contributed by atoms with Crippen LogP contribution in [0.5, 0.6) is 0 Å². The molecule has 0 aliphatic carbocycles. The molecule has 62 valence electrons. The van der Waals surface area contributed by atoms with Crippen molar-refractivity contribution >= 4 is 10.1 Å². The van der Waals surface area contributed by atoms with Crippen LogP contribution in [0.2, 0.25) is 0 Å². The van der Waals surface area contributed by atoms with Gasteiger partial charge in [0.1, 0.15) is 0 Å². The fraction of sp³-hybridized carbons (Fsp3) is 1.00. The first-order chi connectivity index (χ1) is 4.45. The van der Waals surface area contributed by atoms with Crippen molar-refractivity contribution in [1.82, 2.24) is 0 Å². The van der Waals surface area contributed by atoms with E-state index in [1.165, 1.54) is 0 Å². The molecule has 1 atom stereocenters. The minimum Gasteiger partial charge on any atom is -0.748 e. The molecule has 1 N–H and O–H groups in total. The van der Waals surface area contributed by atoms with Crippen LogP contribution in [-0.4, -0.2) is 29.9 Å². The molecule has 6 heteroatoms. The predicted octanol–water partition coefficient (Wildman–Crippen LogP) is -3.30. The summed E-state index contributed by atoms with van der Waals surface area (Å²) >= 11 is 0. The Kier molecular flexibility index (Phi) is 8.37. The molecule has 0 aromatic rings. The standard InChI is InChI=1S/C5H12O4S.Na/c1-2-3-5(6)4-10(7,8)9;/h5-6H,2-4H2,1H3,(H,7,8,9);/q;+1/p-1. The van der Waals surface area contributed by atoms with Crippen LogP contribution in [0.15, 0.2) is 0 Å². The van der Waals surface area contributed by atoms with Gasteiger partial charge < -0.3 is 9.66 Å². The van der Waals surface area contributed by atoms with Gasteiger partial charge in [0, 0.05) is 0 Å². The van der Waals surface area contributed by atoms with Crippen LogP contribution in [0.25, 0.3) is 0 Å². The van der Waals surface area contributed by atoms with Crippen LogP contribution in [0.4, 0.5) is 0 Å². The monoisotopic (exact) mass is 190 g/mol. The number of hydrogen-bond acceptors (Lipinski definition) is 4. The van der Waals surface area contributed by atoms with Gasteiger partial charge in [0.2, 0.25) is 0 Å². The molecule has 0 amide bonds. The molecule has 11 heavy (non-hydrogen) atoms. The Morgan fingerprint density at radius 2 is 2.00 bits per heavy atom. The van der Waals surface area contributed by atoms with Crippen molar-refractivity contribution in [3.05, 3.63) is 0 Å². The Balaban J connectivity index is 0. The molecule has 4 nitrogen and oxygen atoms in total. The van der Waals surface area contributed by atoms with Gasteiger partial charge in [-0.3, -0.25) is 0 Å². The third-order valence-corrected chi connectivity index (χ3v) is 1.81. The van der Waals surface area contributed by atoms with Crippen molar-refractivity contribution < 1.29 is 47.6 Å². The maximum Gasteiger partial charge on any atom is 1.00 e. The van der Waals surface area contributed by atoms with Crippen LogP contribution >= 0.6 is 0 Å². The van der Waals surface area contributed by atoms with Gasteiger partial charge >= 0.3 is 29.6 Å². The molecule has 0 rings (SSSR count). The van der Waals surface area contributed by atoms with Crippen molar-refractivity contribution in [2.24, 2.45) is 0 Å². The van der Waals surface area contributed by atoms with Gasteiger partial charge in [0.15, 0.2) is 0 Å². The van der Waals surface area contributed by atoms with Crippen LogP contribution in [0.3, 0.4) is 0 Å². The van der Waals surface area contributed by atoms with Gasteiger partial charge in [0.05, 0.1) is 22.0 Å². The van der Waals surface area contributed by atoms with E-state index in [2.05, 4.69) is 0 Å². The van der Waals surface area contributed by atoms with E-state index in [0.717, 1.165) is 0 Å². The van der Waals surface area contributed by atoms with E-state index in [1.807, 2.05) is 0 Å². The minimum absolute atomic E-state index is 0. The molecule has 0 saturated heterocycles. The molecular weight excluding hydrogens is 179 g/mol. The number of hydrogen-bond donors (Lipinski definition) is 1. The fourth-order valence-electron chi connectivity index (χ4n) is 0.652. The smallest absolute Gasteiger partial charge is 0.748 e. The predicted molar refractivity (Wildman–Crippen MR) is 35.5 cm³/mol. The summed E-state index contributed by atoms with van der Waals surface area (Å²) in [5.74, 6) is -0.666. The van der Waals surface area contributed by atoms with E-state index in [4.69, 9.17) is 5.11 Å². The third kappa shape index (κ3) is 10.9. The zero-order chi connectivity index (χ0) is 8.20. The molecule has 0 aromatic heterocycles. The van der Waals surface area contributed by atoms with E-state index < -0.39 is 22.0 Å². The Morgan fingerprint density at radius 1 is 1.55 bits per heavy atom. The maximum atomic E-state index is 10.0. The molecule has 0 bridgehead atoms. The zero-order valence-corrected chi connectivity index (χ0v) is 9.60. The van der Waals surface area contributed by atoms with Gasteiger partial charge in [0.25, 0.3) is 0 Å². The van der Waals surface area contributed by atoms with E-state index >= 15 is 0 Å². The summed E-state index contributed by atoms with van der Waals surface area (Å²) in [7, 11) is -4.25. The molecule has 0 saturated carbocycles. The van der Waals surface area contributed by atoms with E-state index in [1.54, 1.807) is 6.92 Å². The van der Waals surface area contributed by atoms with Crippen molar-refractivity contribution in [2.75, 3.05) is 5.75 Å². The van der Waals surface area contributed by atoms with Crippen LogP contribution in [-0.2, 0) is 10.1 Å². The minimum atomic E-state index is -4.25. The average molecular weight is 190 g/mol. The largest absolute Gasteiger partial charge is 1.00 e. The molecule has 1 unspecified atom stereocenters. The normalized spacial score (nSPS) is 13.7. The molecule has 0 spiro atoms. The second-order valence-electron chi connectivity index (χ2n) is 2.17. The third-order valence-electron chi connectivity index (χ3n) is 1.02. The average Bonchev–Trinajstić information content (AvgIpc) is 1.59. The topological polar surface area (TPSA) is 77.4 Å². The second-order valence-corrected chi connectivity index (χ2v) is 3.62. The molecule has 0 heterocycles. The molecule has 0 aromatic carbocycles. The second kappa shape index (κ2) is 6.39. The number of aliphatic hydroxyl groups is 1. The Morgan fingerprint density at radius 3 is 2.27 bits per heavy atom. The first-order valence-corrected chi connectivity index (χ1v) is 4.65. The van der Waals surface area contributed by atoms with Crippen LogP contribution in [0, 0.1) is 0 Å². The summed E-state index contributed by atoms with van der Waals surface area (Å²) in [4.78, 5) is 0. The summed E-state index contributed by atoms with van der Waals surface area (Å²) in [5.41, 5.74) is 0. The number of rotatable bonds is 4. The van der Waals surface area contributed by atoms with E-state index in [9.17, 15) is 13.0 Å². The van der Waals surface area contributed by atoms with E-state index in [-0.39, 0.29) is 29.6 Å². The summed E-state index contributed by atoms with van der Waals surface area (Å²) in [6, 6.07) is 0. The van der Waals surface area contributed by atoms with Gasteiger partial charge in [-0.15, -0.1) is 0 Å². The van der Waals surface area contributed by atoms with Crippen LogP contribution < -0.4 is 29.6 Å². The first kappa shape index (κ1) is 14.4. The number of aliphatic hydroxyl groups excluding tert-OH is 1. The van der Waals surface area contributed by atoms with Gasteiger partial charge in [-0.1, -0.05) is 13.3 Å². The van der Waals surface area contributed by atoms with Gasteiger partial charge in [-0.2, -0.15) is 0 Å². The Hall–Kier alpha value is 0.870. The summed E-state index contributed by atoms with van der Waals surface area (Å²) in [5, 5.41) is 8.81. The molecule has 0 aliphatic heterocycles. The van der Waals surface area contributed by atoms with E-state index in [0.29, 0.717) is 12.8 Å². The van der Waals surface area contributed by atoms with Crippen molar-refractivity contribution in [1.29, 1.82) is 0 Å².